The molecule has 2 N–H and O–H groups in total. The highest BCUT2D eigenvalue weighted by Gasteiger charge is 2.13. The van der Waals surface area contributed by atoms with E-state index in [1.54, 1.807) is 12.1 Å². The van der Waals surface area contributed by atoms with Crippen LogP contribution in [0.3, 0.4) is 0 Å². The third-order valence-corrected chi connectivity index (χ3v) is 4.24. The normalized spacial score (nSPS) is 10.6. The fraction of sp³-hybridized carbons (Fsp3) is 0.0714. The van der Waals surface area contributed by atoms with Crippen molar-refractivity contribution in [1.29, 1.82) is 0 Å². The van der Waals surface area contributed by atoms with Gasteiger partial charge in [0, 0.05) is 21.5 Å². The van der Waals surface area contributed by atoms with Crippen molar-refractivity contribution >= 4 is 62.2 Å². The van der Waals surface area contributed by atoms with Gasteiger partial charge in [-0.15, -0.1) is 0 Å². The van der Waals surface area contributed by atoms with Crippen LogP contribution < -0.4 is 5.73 Å². The Balaban J connectivity index is 2.28. The average Bonchev–Trinajstić information content (AvgIpc) is 2.38. The van der Waals surface area contributed by atoms with Crippen molar-refractivity contribution in [3.05, 3.63) is 61.0 Å². The Bertz CT molecular complexity index is 665. The third kappa shape index (κ3) is 3.47. The lowest BCUT2D eigenvalue weighted by Gasteiger charge is -2.07. The third-order valence-electron chi connectivity index (χ3n) is 2.77. The summed E-state index contributed by atoms with van der Waals surface area (Å²) in [7, 11) is 0. The zero-order valence-corrected chi connectivity index (χ0v) is 13.9. The number of nitrogen functional groups attached to an aromatic ring is 1. The van der Waals surface area contributed by atoms with Crippen LogP contribution in [0.5, 0.6) is 0 Å². The van der Waals surface area contributed by atoms with E-state index in [0.717, 1.165) is 10.0 Å². The summed E-state index contributed by atoms with van der Waals surface area (Å²) in [5.74, 6) is -0.127. The Morgan fingerprint density at radius 1 is 1.05 bits per heavy atom. The van der Waals surface area contributed by atoms with Gasteiger partial charge in [-0.25, -0.2) is 0 Å². The molecule has 0 radical (unpaired) electrons. The molecular formula is C14H9BrCl3NO. The number of rotatable bonds is 3. The highest BCUT2D eigenvalue weighted by molar-refractivity contribution is 9.10. The molecule has 0 amide bonds. The molecule has 0 heterocycles. The van der Waals surface area contributed by atoms with E-state index < -0.39 is 0 Å². The maximum atomic E-state index is 12.2. The first-order valence-electron chi connectivity index (χ1n) is 5.60. The van der Waals surface area contributed by atoms with Crippen molar-refractivity contribution < 1.29 is 4.79 Å². The van der Waals surface area contributed by atoms with Crippen LogP contribution in [-0.2, 0) is 6.42 Å². The highest BCUT2D eigenvalue weighted by atomic mass is 79.9. The minimum Gasteiger partial charge on any atom is -0.396 e. The number of Topliss-reactive ketones (excluding diaryl/α,β-unsaturated/α-hetero) is 1. The second-order valence-electron chi connectivity index (χ2n) is 4.19. The van der Waals surface area contributed by atoms with Crippen LogP contribution in [0.25, 0.3) is 0 Å². The fourth-order valence-corrected chi connectivity index (χ4v) is 2.91. The zero-order chi connectivity index (χ0) is 14.9. The van der Waals surface area contributed by atoms with Gasteiger partial charge in [-0.3, -0.25) is 4.79 Å². The van der Waals surface area contributed by atoms with Gasteiger partial charge in [0.1, 0.15) is 0 Å². The van der Waals surface area contributed by atoms with Gasteiger partial charge in [0.2, 0.25) is 0 Å². The molecule has 2 nitrogen and oxygen atoms in total. The van der Waals surface area contributed by atoms with Gasteiger partial charge in [-0.2, -0.15) is 0 Å². The van der Waals surface area contributed by atoms with Crippen LogP contribution in [0, 0.1) is 0 Å². The van der Waals surface area contributed by atoms with Crippen LogP contribution in [-0.4, -0.2) is 5.78 Å². The second kappa shape index (κ2) is 6.35. The van der Waals surface area contributed by atoms with Gasteiger partial charge in [0.05, 0.1) is 15.7 Å². The van der Waals surface area contributed by atoms with Crippen molar-refractivity contribution in [2.45, 2.75) is 6.42 Å². The van der Waals surface area contributed by atoms with Gasteiger partial charge >= 0.3 is 0 Å². The standard InChI is InChI=1S/C14H9BrCl3NO/c15-9-2-1-7(10(16)6-9)5-13(20)8-3-11(17)14(19)12(18)4-8/h1-4,6H,5,19H2. The molecular weight excluding hydrogens is 384 g/mol. The van der Waals surface area contributed by atoms with Crippen molar-refractivity contribution in [2.24, 2.45) is 0 Å². The van der Waals surface area contributed by atoms with Crippen LogP contribution in [0.2, 0.25) is 15.1 Å². The van der Waals surface area contributed by atoms with Crippen LogP contribution >= 0.6 is 50.7 Å². The number of hydrogen-bond acceptors (Lipinski definition) is 2. The summed E-state index contributed by atoms with van der Waals surface area (Å²) in [6.45, 7) is 0. The lowest BCUT2D eigenvalue weighted by Crippen LogP contribution is -2.05. The lowest BCUT2D eigenvalue weighted by atomic mass is 10.0. The first-order valence-corrected chi connectivity index (χ1v) is 7.53. The summed E-state index contributed by atoms with van der Waals surface area (Å²) in [6, 6.07) is 8.39. The predicted molar refractivity (Wildman–Crippen MR) is 88.1 cm³/mol. The monoisotopic (exact) mass is 391 g/mol. The van der Waals surface area contributed by atoms with Crippen LogP contribution in [0.4, 0.5) is 5.69 Å². The minimum absolute atomic E-state index is 0.127. The largest absolute Gasteiger partial charge is 0.396 e. The molecule has 2 rings (SSSR count). The Morgan fingerprint density at radius 2 is 1.65 bits per heavy atom. The zero-order valence-electron chi connectivity index (χ0n) is 10.1. The van der Waals surface area contributed by atoms with Gasteiger partial charge in [-0.05, 0) is 29.8 Å². The fourth-order valence-electron chi connectivity index (χ4n) is 1.69. The first kappa shape index (κ1) is 15.6. The summed E-state index contributed by atoms with van der Waals surface area (Å²) >= 11 is 21.3. The lowest BCUT2D eigenvalue weighted by molar-refractivity contribution is 0.0993. The molecule has 0 atom stereocenters. The number of ketones is 1. The maximum absolute atomic E-state index is 12.2. The molecule has 2 aromatic rings. The van der Waals surface area contributed by atoms with Crippen molar-refractivity contribution in [2.75, 3.05) is 5.73 Å². The maximum Gasteiger partial charge on any atom is 0.167 e. The van der Waals surface area contributed by atoms with Gasteiger partial charge in [-0.1, -0.05) is 56.8 Å². The smallest absolute Gasteiger partial charge is 0.167 e. The van der Waals surface area contributed by atoms with E-state index in [4.69, 9.17) is 40.5 Å². The summed E-state index contributed by atoms with van der Waals surface area (Å²) < 4.78 is 0.859. The number of hydrogen-bond donors (Lipinski definition) is 1. The average molecular weight is 393 g/mol. The Labute approximate surface area is 139 Å². The minimum atomic E-state index is -0.127. The first-order chi connectivity index (χ1) is 9.38. The molecule has 0 unspecified atom stereocenters. The molecule has 2 aromatic carbocycles. The van der Waals surface area contributed by atoms with E-state index >= 15 is 0 Å². The molecule has 0 fully saturated rings. The van der Waals surface area contributed by atoms with E-state index in [2.05, 4.69) is 15.9 Å². The molecule has 0 saturated carbocycles. The highest BCUT2D eigenvalue weighted by Crippen LogP contribution is 2.30. The SMILES string of the molecule is Nc1c(Cl)cc(C(=O)Cc2ccc(Br)cc2Cl)cc1Cl. The summed E-state index contributed by atoms with van der Waals surface area (Å²) in [5, 5.41) is 1.06. The number of anilines is 1. The molecule has 0 aliphatic rings. The topological polar surface area (TPSA) is 43.1 Å². The van der Waals surface area contributed by atoms with Gasteiger partial charge in [0.25, 0.3) is 0 Å². The Hall–Kier alpha value is -0.740. The van der Waals surface area contributed by atoms with Crippen molar-refractivity contribution in [1.82, 2.24) is 0 Å². The van der Waals surface area contributed by atoms with E-state index in [1.807, 2.05) is 6.07 Å². The molecule has 0 bridgehead atoms. The van der Waals surface area contributed by atoms with E-state index in [1.165, 1.54) is 12.1 Å². The number of carbonyl (C=O) groups is 1. The van der Waals surface area contributed by atoms with Crippen molar-refractivity contribution in [3.8, 4) is 0 Å². The summed E-state index contributed by atoms with van der Waals surface area (Å²) in [5.41, 5.74) is 7.06. The number of carbonyl (C=O) groups excluding carboxylic acids is 1. The van der Waals surface area contributed by atoms with Gasteiger partial charge in [0.15, 0.2) is 5.78 Å². The molecule has 0 spiro atoms. The van der Waals surface area contributed by atoms with E-state index in [9.17, 15) is 4.79 Å². The van der Waals surface area contributed by atoms with E-state index in [-0.39, 0.29) is 27.9 Å². The van der Waals surface area contributed by atoms with E-state index in [0.29, 0.717) is 10.6 Å². The molecule has 0 aliphatic carbocycles. The quantitative estimate of drug-likeness (QED) is 0.559. The second-order valence-corrected chi connectivity index (χ2v) is 6.33. The number of benzene rings is 2. The predicted octanol–water partition coefficient (Wildman–Crippen LogP) is 5.42. The molecule has 0 aromatic heterocycles. The molecule has 0 aliphatic heterocycles. The summed E-state index contributed by atoms with van der Waals surface area (Å²) in [4.78, 5) is 12.2. The molecule has 20 heavy (non-hydrogen) atoms. The van der Waals surface area contributed by atoms with Crippen LogP contribution in [0.15, 0.2) is 34.8 Å². The number of nitrogens with two attached hydrogens (primary N) is 1. The molecule has 104 valence electrons. The van der Waals surface area contributed by atoms with Crippen LogP contribution in [0.1, 0.15) is 15.9 Å². The Morgan fingerprint density at radius 3 is 2.20 bits per heavy atom. The summed E-state index contributed by atoms with van der Waals surface area (Å²) in [6.07, 6.45) is 0.169. The van der Waals surface area contributed by atoms with Gasteiger partial charge < -0.3 is 5.73 Å². The molecule has 6 heteroatoms. The number of halogens is 4. The molecule has 0 saturated heterocycles. The Kier molecular flexibility index (Phi) is 4.97. The van der Waals surface area contributed by atoms with Crippen molar-refractivity contribution in [3.63, 3.8) is 0 Å².